The van der Waals surface area contributed by atoms with Gasteiger partial charge in [0.2, 0.25) is 5.91 Å². The standard InChI is InChI=1S/C19H28N4O4/c1-19(2,3)27-18(26)22-13-16(24)21-11-14-6-9-23(10-7-14)17(25)15-5-4-8-20-12-15/h4-5,8,12,14H,6-7,9-11,13H2,1-3H3,(H,21,24)(H,22,26). The van der Waals surface area contributed by atoms with E-state index in [2.05, 4.69) is 15.6 Å². The monoisotopic (exact) mass is 376 g/mol. The second kappa shape index (κ2) is 9.34. The fraction of sp³-hybridized carbons (Fsp3) is 0.579. The molecule has 1 aromatic heterocycles. The first kappa shape index (κ1) is 20.7. The Balaban J connectivity index is 1.65. The molecule has 1 aliphatic heterocycles. The van der Waals surface area contributed by atoms with Crippen molar-refractivity contribution in [1.29, 1.82) is 0 Å². The summed E-state index contributed by atoms with van der Waals surface area (Å²) in [5, 5.41) is 5.26. The highest BCUT2D eigenvalue weighted by molar-refractivity contribution is 5.93. The molecule has 1 saturated heterocycles. The second-order valence-electron chi connectivity index (χ2n) is 7.64. The topological polar surface area (TPSA) is 101 Å². The van der Waals surface area contributed by atoms with Gasteiger partial charge in [0.15, 0.2) is 0 Å². The Labute approximate surface area is 159 Å². The Hall–Kier alpha value is -2.64. The number of amides is 3. The molecule has 1 aromatic rings. The van der Waals surface area contributed by atoms with Gasteiger partial charge in [0.1, 0.15) is 5.60 Å². The SMILES string of the molecule is CC(C)(C)OC(=O)NCC(=O)NCC1CCN(C(=O)c2cccnc2)CC1. The van der Waals surface area contributed by atoms with E-state index in [0.29, 0.717) is 31.1 Å². The number of aromatic nitrogens is 1. The molecule has 2 N–H and O–H groups in total. The molecule has 3 amide bonds. The van der Waals surface area contributed by atoms with Gasteiger partial charge >= 0.3 is 6.09 Å². The molecular formula is C19H28N4O4. The number of ether oxygens (including phenoxy) is 1. The van der Waals surface area contributed by atoms with Gasteiger partial charge in [-0.3, -0.25) is 14.6 Å². The lowest BCUT2D eigenvalue weighted by Crippen LogP contribution is -2.44. The Bertz CT molecular complexity index is 649. The lowest BCUT2D eigenvalue weighted by atomic mass is 9.96. The Morgan fingerprint density at radius 3 is 2.52 bits per heavy atom. The minimum atomic E-state index is -0.611. The average Bonchev–Trinajstić information content (AvgIpc) is 2.64. The molecule has 0 aromatic carbocycles. The number of piperidine rings is 1. The van der Waals surface area contributed by atoms with Crippen molar-refractivity contribution in [2.24, 2.45) is 5.92 Å². The largest absolute Gasteiger partial charge is 0.444 e. The third-order valence-electron chi connectivity index (χ3n) is 4.19. The minimum absolute atomic E-state index is 0.00727. The number of hydrogen-bond donors (Lipinski definition) is 2. The predicted molar refractivity (Wildman–Crippen MR) is 100 cm³/mol. The van der Waals surface area contributed by atoms with E-state index in [1.54, 1.807) is 45.3 Å². The highest BCUT2D eigenvalue weighted by Crippen LogP contribution is 2.18. The van der Waals surface area contributed by atoms with E-state index in [4.69, 9.17) is 4.74 Å². The lowest BCUT2D eigenvalue weighted by Gasteiger charge is -2.32. The molecule has 8 heteroatoms. The zero-order valence-corrected chi connectivity index (χ0v) is 16.2. The molecule has 0 aliphatic carbocycles. The number of carbonyl (C=O) groups is 3. The maximum atomic E-state index is 12.4. The molecule has 1 fully saturated rings. The molecule has 0 radical (unpaired) electrons. The maximum Gasteiger partial charge on any atom is 0.408 e. The van der Waals surface area contributed by atoms with Gasteiger partial charge in [-0.05, 0) is 51.7 Å². The van der Waals surface area contributed by atoms with Gasteiger partial charge in [-0.2, -0.15) is 0 Å². The fourth-order valence-corrected chi connectivity index (χ4v) is 2.80. The summed E-state index contributed by atoms with van der Waals surface area (Å²) in [7, 11) is 0. The predicted octanol–water partition coefficient (Wildman–Crippen LogP) is 1.57. The van der Waals surface area contributed by atoms with Gasteiger partial charge in [-0.1, -0.05) is 0 Å². The number of alkyl carbamates (subject to hydrolysis) is 1. The number of nitrogens with one attached hydrogen (secondary N) is 2. The maximum absolute atomic E-state index is 12.4. The first-order valence-corrected chi connectivity index (χ1v) is 9.17. The first-order chi connectivity index (χ1) is 12.7. The van der Waals surface area contributed by atoms with Crippen LogP contribution < -0.4 is 10.6 Å². The summed E-state index contributed by atoms with van der Waals surface area (Å²) >= 11 is 0. The third kappa shape index (κ3) is 7.24. The van der Waals surface area contributed by atoms with E-state index >= 15 is 0 Å². The van der Waals surface area contributed by atoms with E-state index in [1.165, 1.54) is 0 Å². The molecule has 27 heavy (non-hydrogen) atoms. The first-order valence-electron chi connectivity index (χ1n) is 9.17. The number of nitrogens with zero attached hydrogens (tertiary/aromatic N) is 2. The molecule has 0 spiro atoms. The molecule has 0 bridgehead atoms. The summed E-state index contributed by atoms with van der Waals surface area (Å²) in [5.41, 5.74) is -0.000579. The van der Waals surface area contributed by atoms with Crippen LogP contribution in [-0.2, 0) is 9.53 Å². The van der Waals surface area contributed by atoms with Gasteiger partial charge in [0.05, 0.1) is 12.1 Å². The quantitative estimate of drug-likeness (QED) is 0.812. The summed E-state index contributed by atoms with van der Waals surface area (Å²) in [4.78, 5) is 41.6. The fourth-order valence-electron chi connectivity index (χ4n) is 2.80. The number of likely N-dealkylation sites (tertiary alicyclic amines) is 1. The van der Waals surface area contributed by atoms with Crippen molar-refractivity contribution in [2.75, 3.05) is 26.2 Å². The molecule has 8 nitrogen and oxygen atoms in total. The molecular weight excluding hydrogens is 348 g/mol. The Morgan fingerprint density at radius 2 is 1.93 bits per heavy atom. The van der Waals surface area contributed by atoms with E-state index in [0.717, 1.165) is 12.8 Å². The summed E-state index contributed by atoms with van der Waals surface area (Å²) in [6.45, 7) is 7.01. The highest BCUT2D eigenvalue weighted by Gasteiger charge is 2.24. The van der Waals surface area contributed by atoms with Gasteiger partial charge in [-0.15, -0.1) is 0 Å². The van der Waals surface area contributed by atoms with E-state index < -0.39 is 11.7 Å². The molecule has 2 rings (SSSR count). The second-order valence-corrected chi connectivity index (χ2v) is 7.64. The van der Waals surface area contributed by atoms with Gasteiger partial charge in [0, 0.05) is 32.0 Å². The normalized spacial score (nSPS) is 15.1. The van der Waals surface area contributed by atoms with E-state index in [1.807, 2.05) is 4.90 Å². The van der Waals surface area contributed by atoms with Gasteiger partial charge in [-0.25, -0.2) is 4.79 Å². The molecule has 0 atom stereocenters. The summed E-state index contributed by atoms with van der Waals surface area (Å²) in [5.74, 6) is 0.0512. The van der Waals surface area contributed by atoms with Crippen LogP contribution >= 0.6 is 0 Å². The summed E-state index contributed by atoms with van der Waals surface area (Å²) < 4.78 is 5.08. The molecule has 148 valence electrons. The summed E-state index contributed by atoms with van der Waals surface area (Å²) in [6, 6.07) is 3.51. The van der Waals surface area contributed by atoms with E-state index in [9.17, 15) is 14.4 Å². The van der Waals surface area contributed by atoms with E-state index in [-0.39, 0.29) is 18.4 Å². The number of hydrogen-bond acceptors (Lipinski definition) is 5. The van der Waals surface area contributed by atoms with Crippen molar-refractivity contribution >= 4 is 17.9 Å². The van der Waals surface area contributed by atoms with Crippen LogP contribution in [0, 0.1) is 5.92 Å². The van der Waals surface area contributed by atoms with Gasteiger partial charge in [0.25, 0.3) is 5.91 Å². The zero-order chi connectivity index (χ0) is 19.9. The highest BCUT2D eigenvalue weighted by atomic mass is 16.6. The minimum Gasteiger partial charge on any atom is -0.444 e. The van der Waals surface area contributed by atoms with Crippen LogP contribution in [0.2, 0.25) is 0 Å². The summed E-state index contributed by atoms with van der Waals surface area (Å²) in [6.07, 6.45) is 4.26. The average molecular weight is 376 g/mol. The van der Waals surface area contributed by atoms with Crippen molar-refractivity contribution < 1.29 is 19.1 Å². The van der Waals surface area contributed by atoms with Crippen molar-refractivity contribution in [3.05, 3.63) is 30.1 Å². The van der Waals surface area contributed by atoms with Crippen molar-refractivity contribution in [1.82, 2.24) is 20.5 Å². The lowest BCUT2D eigenvalue weighted by molar-refractivity contribution is -0.120. The van der Waals surface area contributed by atoms with Crippen molar-refractivity contribution in [3.8, 4) is 0 Å². The smallest absolute Gasteiger partial charge is 0.408 e. The van der Waals surface area contributed by atoms with Crippen LogP contribution in [-0.4, -0.2) is 59.6 Å². The van der Waals surface area contributed by atoms with Gasteiger partial charge < -0.3 is 20.3 Å². The Morgan fingerprint density at radius 1 is 1.22 bits per heavy atom. The molecule has 1 aliphatic rings. The van der Waals surface area contributed by atoms with Crippen LogP contribution in [0.1, 0.15) is 44.0 Å². The van der Waals surface area contributed by atoms with Crippen LogP contribution in [0.4, 0.5) is 4.79 Å². The molecule has 0 saturated carbocycles. The van der Waals surface area contributed by atoms with Crippen molar-refractivity contribution in [3.63, 3.8) is 0 Å². The third-order valence-corrected chi connectivity index (χ3v) is 4.19. The number of rotatable bonds is 5. The van der Waals surface area contributed by atoms with Crippen LogP contribution in [0.25, 0.3) is 0 Å². The molecule has 0 unspecified atom stereocenters. The van der Waals surface area contributed by atoms with Crippen LogP contribution in [0.3, 0.4) is 0 Å². The molecule has 2 heterocycles. The van der Waals surface area contributed by atoms with Crippen LogP contribution in [0.5, 0.6) is 0 Å². The Kier molecular flexibility index (Phi) is 7.15. The van der Waals surface area contributed by atoms with Crippen LogP contribution in [0.15, 0.2) is 24.5 Å². The van der Waals surface area contributed by atoms with Crippen molar-refractivity contribution in [2.45, 2.75) is 39.2 Å². The number of carbonyl (C=O) groups excluding carboxylic acids is 3. The number of pyridine rings is 1. The zero-order valence-electron chi connectivity index (χ0n) is 16.2.